The van der Waals surface area contributed by atoms with E-state index >= 15 is 0 Å². The van der Waals surface area contributed by atoms with Crippen LogP contribution in [-0.2, 0) is 24.8 Å². The highest BCUT2D eigenvalue weighted by atomic mass is 32.2. The monoisotopic (exact) mass is 488 g/mol. The maximum atomic E-state index is 12.8. The molecule has 2 rings (SSSR count). The Morgan fingerprint density at radius 1 is 1.27 bits per heavy atom. The van der Waals surface area contributed by atoms with Gasteiger partial charge in [0, 0.05) is 23.2 Å². The first-order valence-corrected chi connectivity index (χ1v) is 16.1. The molecule has 0 fully saturated rings. The Kier molecular flexibility index (Phi) is 9.72. The number of carbonyl (C=O) groups is 1. The summed E-state index contributed by atoms with van der Waals surface area (Å²) < 4.78 is 24.6. The van der Waals surface area contributed by atoms with Gasteiger partial charge in [-0.15, -0.1) is 6.42 Å². The number of rotatable bonds is 10. The molecule has 0 aromatic heterocycles. The highest BCUT2D eigenvalue weighted by Crippen LogP contribution is 2.44. The van der Waals surface area contributed by atoms with Crippen LogP contribution in [0.5, 0.6) is 0 Å². The number of hydrogen-bond donors (Lipinski definition) is 0. The van der Waals surface area contributed by atoms with Crippen molar-refractivity contribution in [1.82, 2.24) is 0 Å². The Hall–Kier alpha value is -1.68. The van der Waals surface area contributed by atoms with Crippen LogP contribution in [-0.4, -0.2) is 37.0 Å². The molecule has 6 heteroatoms. The molecule has 4 nitrogen and oxygen atoms in total. The minimum Gasteiger partial charge on any atom is -0.449 e. The van der Waals surface area contributed by atoms with Gasteiger partial charge in [-0.05, 0) is 73.9 Å². The van der Waals surface area contributed by atoms with Crippen LogP contribution in [0.2, 0.25) is 18.1 Å². The minimum absolute atomic E-state index is 0.0310. The lowest BCUT2D eigenvalue weighted by molar-refractivity contribution is -0.140. The summed E-state index contributed by atoms with van der Waals surface area (Å²) in [7, 11) is -2.84. The van der Waals surface area contributed by atoms with Gasteiger partial charge in [0.2, 0.25) is 0 Å². The zero-order valence-corrected chi connectivity index (χ0v) is 22.9. The van der Waals surface area contributed by atoms with Crippen molar-refractivity contribution in [2.45, 2.75) is 88.9 Å². The van der Waals surface area contributed by atoms with Crippen LogP contribution in [0.3, 0.4) is 0 Å². The van der Waals surface area contributed by atoms with Crippen molar-refractivity contribution in [2.24, 2.45) is 5.41 Å². The summed E-state index contributed by atoms with van der Waals surface area (Å²) in [5, 5.41) is 0.197. The summed E-state index contributed by atoms with van der Waals surface area (Å²) in [4.78, 5) is 12.5. The average molecular weight is 489 g/mol. The Morgan fingerprint density at radius 2 is 1.94 bits per heavy atom. The minimum atomic E-state index is -1.77. The topological polar surface area (TPSA) is 52.6 Å². The fraction of sp³-hybridized carbons (Fsp3) is 0.593. The Balaban J connectivity index is 2.08. The number of allylic oxidation sites excluding steroid dienone is 1. The van der Waals surface area contributed by atoms with E-state index in [0.717, 1.165) is 37.2 Å². The van der Waals surface area contributed by atoms with E-state index in [1.54, 1.807) is 0 Å². The first-order valence-electron chi connectivity index (χ1n) is 11.8. The summed E-state index contributed by atoms with van der Waals surface area (Å²) >= 11 is 0. The fourth-order valence-corrected chi connectivity index (χ4v) is 6.15. The van der Waals surface area contributed by atoms with Gasteiger partial charge in [0.1, 0.15) is 6.10 Å². The highest BCUT2D eigenvalue weighted by molar-refractivity contribution is 7.85. The van der Waals surface area contributed by atoms with Crippen molar-refractivity contribution < 1.29 is 18.2 Å². The van der Waals surface area contributed by atoms with Crippen molar-refractivity contribution in [2.75, 3.05) is 12.4 Å². The fourth-order valence-electron chi connectivity index (χ4n) is 3.96. The van der Waals surface area contributed by atoms with Crippen LogP contribution in [0.4, 0.5) is 0 Å². The largest absolute Gasteiger partial charge is 0.449 e. The van der Waals surface area contributed by atoms with Crippen molar-refractivity contribution in [3.8, 4) is 12.3 Å². The van der Waals surface area contributed by atoms with Gasteiger partial charge in [0.05, 0.1) is 10.8 Å². The van der Waals surface area contributed by atoms with Crippen LogP contribution < -0.4 is 0 Å². The molecule has 0 saturated carbocycles. The van der Waals surface area contributed by atoms with Crippen LogP contribution >= 0.6 is 0 Å². The molecule has 0 aliphatic heterocycles. The molecule has 0 N–H and O–H groups in total. The van der Waals surface area contributed by atoms with Crippen LogP contribution in [0.15, 0.2) is 46.9 Å². The molecule has 0 heterocycles. The standard InChI is InChI=1S/C27H40O4SSi/c1-8-25(28)31-23-15-18-27(5,17-12-19-30-33(6,7)26(2,3)4)22(21-23)16-20-32(29)24-13-10-9-11-14-24/h1,9-11,13-14,21,23H,12,15-20H2,2-7H3/t23-,27-,32?/m1/s1. The molecule has 0 radical (unpaired) electrons. The number of esters is 1. The van der Waals surface area contributed by atoms with Gasteiger partial charge in [-0.2, -0.15) is 0 Å². The van der Waals surface area contributed by atoms with E-state index in [1.165, 1.54) is 5.57 Å². The van der Waals surface area contributed by atoms with Gasteiger partial charge in [-0.3, -0.25) is 4.21 Å². The molecule has 33 heavy (non-hydrogen) atoms. The van der Waals surface area contributed by atoms with Gasteiger partial charge < -0.3 is 9.16 Å². The lowest BCUT2D eigenvalue weighted by Gasteiger charge is -2.39. The molecule has 0 spiro atoms. The Morgan fingerprint density at radius 3 is 2.55 bits per heavy atom. The average Bonchev–Trinajstić information content (AvgIpc) is 2.76. The number of terminal acetylenes is 1. The molecule has 1 unspecified atom stereocenters. The van der Waals surface area contributed by atoms with Gasteiger partial charge in [-0.25, -0.2) is 4.79 Å². The van der Waals surface area contributed by atoms with Gasteiger partial charge in [0.15, 0.2) is 8.32 Å². The number of benzene rings is 1. The molecule has 1 aliphatic rings. The van der Waals surface area contributed by atoms with Crippen molar-refractivity contribution in [3.63, 3.8) is 0 Å². The summed E-state index contributed by atoms with van der Waals surface area (Å²) in [6.07, 6.45) is 11.2. The third-order valence-electron chi connectivity index (χ3n) is 7.22. The SMILES string of the molecule is C#CC(=O)O[C@H]1C=C(CCS(=O)c2ccccc2)[C@](C)(CCCO[Si](C)(C)C(C)(C)C)CC1. The normalized spacial score (nSPS) is 22.2. The predicted octanol–water partition coefficient (Wildman–Crippen LogP) is 6.26. The molecular formula is C27H40O4SSi. The van der Waals surface area contributed by atoms with Crippen LogP contribution in [0.1, 0.15) is 59.8 Å². The summed E-state index contributed by atoms with van der Waals surface area (Å²) in [5.74, 6) is 1.95. The second-order valence-corrected chi connectivity index (χ2v) is 17.1. The van der Waals surface area contributed by atoms with Crippen LogP contribution in [0.25, 0.3) is 0 Å². The predicted molar refractivity (Wildman–Crippen MR) is 139 cm³/mol. The van der Waals surface area contributed by atoms with E-state index in [0.29, 0.717) is 12.2 Å². The van der Waals surface area contributed by atoms with Gasteiger partial charge in [0.25, 0.3) is 0 Å². The van der Waals surface area contributed by atoms with Crippen molar-refractivity contribution >= 4 is 25.1 Å². The molecule has 182 valence electrons. The molecule has 1 aromatic rings. The van der Waals surface area contributed by atoms with E-state index < -0.39 is 25.1 Å². The third kappa shape index (κ3) is 7.94. The second-order valence-electron chi connectivity index (χ2n) is 10.7. The molecule has 0 bridgehead atoms. The zero-order chi connectivity index (χ0) is 24.7. The van der Waals surface area contributed by atoms with Crippen molar-refractivity contribution in [1.29, 1.82) is 0 Å². The van der Waals surface area contributed by atoms with E-state index in [-0.39, 0.29) is 16.6 Å². The van der Waals surface area contributed by atoms with Crippen LogP contribution in [0, 0.1) is 17.8 Å². The maximum absolute atomic E-state index is 12.8. The number of ether oxygens (including phenoxy) is 1. The zero-order valence-electron chi connectivity index (χ0n) is 21.1. The van der Waals surface area contributed by atoms with Crippen molar-refractivity contribution in [3.05, 3.63) is 42.0 Å². The maximum Gasteiger partial charge on any atom is 0.384 e. The molecule has 0 saturated heterocycles. The van der Waals surface area contributed by atoms with E-state index in [4.69, 9.17) is 15.6 Å². The quantitative estimate of drug-likeness (QED) is 0.0974. The van der Waals surface area contributed by atoms with E-state index in [1.807, 2.05) is 36.3 Å². The summed E-state index contributed by atoms with van der Waals surface area (Å²) in [6, 6.07) is 9.56. The highest BCUT2D eigenvalue weighted by Gasteiger charge is 2.38. The van der Waals surface area contributed by atoms with Gasteiger partial charge >= 0.3 is 5.97 Å². The molecular weight excluding hydrogens is 448 g/mol. The molecule has 1 aliphatic carbocycles. The van der Waals surface area contributed by atoms with E-state index in [2.05, 4.69) is 46.9 Å². The lowest BCUT2D eigenvalue weighted by Crippen LogP contribution is -2.41. The second kappa shape index (κ2) is 11.6. The summed E-state index contributed by atoms with van der Waals surface area (Å²) in [6.45, 7) is 14.4. The van der Waals surface area contributed by atoms with Gasteiger partial charge in [-0.1, -0.05) is 51.5 Å². The van der Waals surface area contributed by atoms with E-state index in [9.17, 15) is 9.00 Å². The number of carbonyl (C=O) groups excluding carboxylic acids is 1. The first-order chi connectivity index (χ1) is 15.4. The number of hydrogen-bond acceptors (Lipinski definition) is 4. The smallest absolute Gasteiger partial charge is 0.384 e. The lowest BCUT2D eigenvalue weighted by atomic mass is 9.69. The molecule has 0 amide bonds. The molecule has 1 aromatic carbocycles. The Labute approximate surface area is 204 Å². The molecule has 3 atom stereocenters. The first kappa shape index (κ1) is 27.6. The Bertz CT molecular complexity index is 895. The summed E-state index contributed by atoms with van der Waals surface area (Å²) in [5.41, 5.74) is 1.18. The third-order valence-corrected chi connectivity index (χ3v) is 13.1.